The SMILES string of the molecule is O=C(NCc1cccnc1)Nc1ccc(S(=O)(=O)NC2CCCCC2OC(F)(F)F)cc1. The molecular weight excluding hydrogens is 449 g/mol. The number of aromatic nitrogens is 1. The van der Waals surface area contributed by atoms with Gasteiger partial charge in [-0.1, -0.05) is 18.9 Å². The smallest absolute Gasteiger partial charge is 0.334 e. The molecule has 12 heteroatoms. The van der Waals surface area contributed by atoms with Crippen molar-refractivity contribution in [2.75, 3.05) is 5.32 Å². The summed E-state index contributed by atoms with van der Waals surface area (Å²) in [5.41, 5.74) is 1.16. The van der Waals surface area contributed by atoms with Gasteiger partial charge in [0.1, 0.15) is 0 Å². The number of halogens is 3. The predicted octanol–water partition coefficient (Wildman–Crippen LogP) is 3.53. The van der Waals surface area contributed by atoms with Crippen LogP contribution in [-0.2, 0) is 21.3 Å². The molecule has 32 heavy (non-hydrogen) atoms. The van der Waals surface area contributed by atoms with Crippen LogP contribution in [0.2, 0.25) is 0 Å². The van der Waals surface area contributed by atoms with E-state index < -0.39 is 34.6 Å². The summed E-state index contributed by atoms with van der Waals surface area (Å²) in [5, 5.41) is 5.22. The van der Waals surface area contributed by atoms with Gasteiger partial charge in [0.2, 0.25) is 10.0 Å². The first-order valence-electron chi connectivity index (χ1n) is 9.93. The molecule has 0 aliphatic heterocycles. The number of rotatable bonds is 7. The molecule has 2 unspecified atom stereocenters. The Morgan fingerprint density at radius 2 is 1.84 bits per heavy atom. The maximum absolute atomic E-state index is 12.7. The number of nitrogens with zero attached hydrogens (tertiary/aromatic N) is 1. The van der Waals surface area contributed by atoms with Crippen molar-refractivity contribution in [1.82, 2.24) is 15.0 Å². The first-order chi connectivity index (χ1) is 15.1. The molecule has 174 valence electrons. The third-order valence-corrected chi connectivity index (χ3v) is 6.40. The zero-order valence-electron chi connectivity index (χ0n) is 16.9. The first-order valence-corrected chi connectivity index (χ1v) is 11.4. The molecule has 0 radical (unpaired) electrons. The molecule has 3 rings (SSSR count). The normalized spacial score (nSPS) is 19.3. The van der Waals surface area contributed by atoms with Gasteiger partial charge in [-0.15, -0.1) is 13.2 Å². The topological polar surface area (TPSA) is 109 Å². The first kappa shape index (κ1) is 24.0. The Morgan fingerprint density at radius 1 is 1.12 bits per heavy atom. The van der Waals surface area contributed by atoms with E-state index in [4.69, 9.17) is 0 Å². The average Bonchev–Trinajstić information content (AvgIpc) is 2.74. The Hall–Kier alpha value is -2.70. The maximum Gasteiger partial charge on any atom is 0.522 e. The van der Waals surface area contributed by atoms with Crippen molar-refractivity contribution < 1.29 is 31.1 Å². The lowest BCUT2D eigenvalue weighted by Crippen LogP contribution is -2.47. The summed E-state index contributed by atoms with van der Waals surface area (Å²) in [6, 6.07) is 7.39. The minimum absolute atomic E-state index is 0.115. The zero-order valence-corrected chi connectivity index (χ0v) is 17.7. The number of sulfonamides is 1. The molecule has 1 aromatic carbocycles. The summed E-state index contributed by atoms with van der Waals surface area (Å²) in [6.45, 7) is 0.263. The van der Waals surface area contributed by atoms with Crippen LogP contribution < -0.4 is 15.4 Å². The van der Waals surface area contributed by atoms with Crippen LogP contribution in [0.1, 0.15) is 31.2 Å². The fourth-order valence-electron chi connectivity index (χ4n) is 3.39. The minimum atomic E-state index is -4.84. The Labute approximate surface area is 183 Å². The second-order valence-corrected chi connectivity index (χ2v) is 9.02. The number of hydrogen-bond donors (Lipinski definition) is 3. The van der Waals surface area contributed by atoms with Crippen LogP contribution in [0.4, 0.5) is 23.7 Å². The van der Waals surface area contributed by atoms with Crippen molar-refractivity contribution in [3.63, 3.8) is 0 Å². The Kier molecular flexibility index (Phi) is 7.69. The number of pyridine rings is 1. The number of carbonyl (C=O) groups is 1. The number of anilines is 1. The van der Waals surface area contributed by atoms with Crippen LogP contribution in [0, 0.1) is 0 Å². The molecule has 0 spiro atoms. The number of hydrogen-bond acceptors (Lipinski definition) is 5. The third-order valence-electron chi connectivity index (χ3n) is 4.89. The Balaban J connectivity index is 1.58. The van der Waals surface area contributed by atoms with E-state index in [1.807, 2.05) is 0 Å². The summed E-state index contributed by atoms with van der Waals surface area (Å²) in [6.07, 6.45) is -1.39. The Morgan fingerprint density at radius 3 is 2.50 bits per heavy atom. The number of nitrogens with one attached hydrogen (secondary N) is 3. The highest BCUT2D eigenvalue weighted by Gasteiger charge is 2.39. The highest BCUT2D eigenvalue weighted by atomic mass is 32.2. The fourth-order valence-corrected chi connectivity index (χ4v) is 4.69. The lowest BCUT2D eigenvalue weighted by molar-refractivity contribution is -0.347. The fraction of sp³-hybridized carbons (Fsp3) is 0.400. The van der Waals surface area contributed by atoms with E-state index in [0.29, 0.717) is 18.5 Å². The number of carbonyl (C=O) groups excluding carboxylic acids is 1. The second-order valence-electron chi connectivity index (χ2n) is 7.31. The molecule has 2 aromatic rings. The molecule has 2 amide bonds. The van der Waals surface area contributed by atoms with Gasteiger partial charge in [-0.05, 0) is 48.7 Å². The van der Waals surface area contributed by atoms with E-state index >= 15 is 0 Å². The van der Waals surface area contributed by atoms with Gasteiger partial charge in [-0.2, -0.15) is 0 Å². The van der Waals surface area contributed by atoms with Crippen molar-refractivity contribution in [2.45, 2.75) is 55.6 Å². The molecule has 8 nitrogen and oxygen atoms in total. The molecule has 1 fully saturated rings. The molecular formula is C20H23F3N4O4S. The standard InChI is InChI=1S/C20H23F3N4O4S/c21-20(22,23)31-18-6-2-1-5-17(18)27-32(29,30)16-9-7-15(8-10-16)26-19(28)25-13-14-4-3-11-24-12-14/h3-4,7-12,17-18,27H,1-2,5-6,13H2,(H2,25,26,28). The van der Waals surface area contributed by atoms with Crippen LogP contribution >= 0.6 is 0 Å². The van der Waals surface area contributed by atoms with Crippen molar-refractivity contribution in [3.8, 4) is 0 Å². The summed E-state index contributed by atoms with van der Waals surface area (Å²) < 4.78 is 69.6. The minimum Gasteiger partial charge on any atom is -0.334 e. The van der Waals surface area contributed by atoms with E-state index in [9.17, 15) is 26.4 Å². The molecule has 1 aliphatic rings. The van der Waals surface area contributed by atoms with Crippen LogP contribution in [0.3, 0.4) is 0 Å². The number of ether oxygens (including phenoxy) is 1. The van der Waals surface area contributed by atoms with Gasteiger partial charge in [0, 0.05) is 30.7 Å². The molecule has 2 atom stereocenters. The molecule has 1 aromatic heterocycles. The number of amides is 2. The van der Waals surface area contributed by atoms with Crippen LogP contribution in [-0.4, -0.2) is 37.9 Å². The third kappa shape index (κ3) is 7.18. The molecule has 3 N–H and O–H groups in total. The van der Waals surface area contributed by atoms with Crippen molar-refractivity contribution >= 4 is 21.7 Å². The molecule has 1 aliphatic carbocycles. The van der Waals surface area contributed by atoms with Gasteiger partial charge in [-0.25, -0.2) is 17.9 Å². The van der Waals surface area contributed by atoms with Crippen molar-refractivity contribution in [3.05, 3.63) is 54.4 Å². The van der Waals surface area contributed by atoms with Gasteiger partial charge < -0.3 is 10.6 Å². The van der Waals surface area contributed by atoms with Gasteiger partial charge in [-0.3, -0.25) is 9.72 Å². The summed E-state index contributed by atoms with van der Waals surface area (Å²) >= 11 is 0. The van der Waals surface area contributed by atoms with Gasteiger partial charge >= 0.3 is 12.4 Å². The summed E-state index contributed by atoms with van der Waals surface area (Å²) in [4.78, 5) is 15.8. The van der Waals surface area contributed by atoms with E-state index in [1.165, 1.54) is 24.3 Å². The highest BCUT2D eigenvalue weighted by molar-refractivity contribution is 7.89. The van der Waals surface area contributed by atoms with E-state index in [1.54, 1.807) is 24.5 Å². The number of alkyl halides is 3. The van der Waals surface area contributed by atoms with E-state index in [0.717, 1.165) is 5.56 Å². The van der Waals surface area contributed by atoms with Gasteiger partial charge in [0.25, 0.3) is 0 Å². The lowest BCUT2D eigenvalue weighted by atomic mass is 9.93. The largest absolute Gasteiger partial charge is 0.522 e. The quantitative estimate of drug-likeness (QED) is 0.571. The molecule has 1 saturated carbocycles. The molecule has 0 saturated heterocycles. The van der Waals surface area contributed by atoms with E-state index in [2.05, 4.69) is 25.1 Å². The molecule has 0 bridgehead atoms. The van der Waals surface area contributed by atoms with Crippen LogP contribution in [0.25, 0.3) is 0 Å². The molecule has 1 heterocycles. The monoisotopic (exact) mass is 472 g/mol. The predicted molar refractivity (Wildman–Crippen MR) is 110 cm³/mol. The second kappa shape index (κ2) is 10.3. The maximum atomic E-state index is 12.7. The van der Waals surface area contributed by atoms with Gasteiger partial charge in [0.15, 0.2) is 0 Å². The summed E-state index contributed by atoms with van der Waals surface area (Å²) in [5.74, 6) is 0. The zero-order chi connectivity index (χ0) is 23.2. The van der Waals surface area contributed by atoms with Crippen LogP contribution in [0.5, 0.6) is 0 Å². The van der Waals surface area contributed by atoms with Crippen LogP contribution in [0.15, 0.2) is 53.7 Å². The average molecular weight is 472 g/mol. The number of urea groups is 1. The van der Waals surface area contributed by atoms with Crippen molar-refractivity contribution in [2.24, 2.45) is 0 Å². The lowest BCUT2D eigenvalue weighted by Gasteiger charge is -2.32. The van der Waals surface area contributed by atoms with Crippen molar-refractivity contribution in [1.29, 1.82) is 0 Å². The highest BCUT2D eigenvalue weighted by Crippen LogP contribution is 2.29. The van der Waals surface area contributed by atoms with Gasteiger partial charge in [0.05, 0.1) is 11.0 Å². The summed E-state index contributed by atoms with van der Waals surface area (Å²) in [7, 11) is -4.07. The van der Waals surface area contributed by atoms with E-state index in [-0.39, 0.29) is 24.3 Å². The Bertz CT molecular complexity index is 1000. The number of benzene rings is 1.